The zero-order chi connectivity index (χ0) is 17.3. The van der Waals surface area contributed by atoms with Crippen molar-refractivity contribution in [1.29, 1.82) is 0 Å². The summed E-state index contributed by atoms with van der Waals surface area (Å²) < 4.78 is 12.5. The Morgan fingerprint density at radius 1 is 1.12 bits per heavy atom. The molecule has 3 rings (SSSR count). The first-order chi connectivity index (χ1) is 11.3. The predicted octanol–water partition coefficient (Wildman–Crippen LogP) is 2.35. The van der Waals surface area contributed by atoms with Gasteiger partial charge in [-0.05, 0) is 29.8 Å². The standard InChI is InChI=1S/C16H16N3O4P/c1-19-15(20)7-6-13-14(8-9-17-16(13)19)18-12-4-2-11(3-5-12)10-24(21,22)23/h2-9H,10H2,1H3,(H,17,18)(H2,21,22,23). The zero-order valence-electron chi connectivity index (χ0n) is 12.9. The second-order valence-electron chi connectivity index (χ2n) is 5.47. The van der Waals surface area contributed by atoms with Crippen LogP contribution in [0.15, 0.2) is 53.5 Å². The largest absolute Gasteiger partial charge is 0.355 e. The van der Waals surface area contributed by atoms with E-state index in [0.717, 1.165) is 16.8 Å². The van der Waals surface area contributed by atoms with Crippen LogP contribution in [0.1, 0.15) is 5.56 Å². The molecular formula is C16H16N3O4P. The number of pyridine rings is 2. The van der Waals surface area contributed by atoms with E-state index in [1.807, 2.05) is 0 Å². The molecule has 0 spiro atoms. The molecule has 2 heterocycles. The molecule has 0 bridgehead atoms. The minimum Gasteiger partial charge on any atom is -0.355 e. The van der Waals surface area contributed by atoms with Crippen LogP contribution in [0.5, 0.6) is 0 Å². The van der Waals surface area contributed by atoms with Crippen LogP contribution in [0.3, 0.4) is 0 Å². The van der Waals surface area contributed by atoms with Crippen LogP contribution in [0.25, 0.3) is 11.0 Å². The van der Waals surface area contributed by atoms with Gasteiger partial charge in [0.2, 0.25) is 0 Å². The molecule has 24 heavy (non-hydrogen) atoms. The van der Waals surface area contributed by atoms with Gasteiger partial charge in [-0.1, -0.05) is 12.1 Å². The van der Waals surface area contributed by atoms with Crippen molar-refractivity contribution in [3.8, 4) is 0 Å². The van der Waals surface area contributed by atoms with Crippen molar-refractivity contribution < 1.29 is 14.4 Å². The Hall–Kier alpha value is -2.47. The average molecular weight is 345 g/mol. The summed E-state index contributed by atoms with van der Waals surface area (Å²) in [6.45, 7) is 0. The highest BCUT2D eigenvalue weighted by Gasteiger charge is 2.13. The van der Waals surface area contributed by atoms with E-state index in [2.05, 4.69) is 10.3 Å². The Morgan fingerprint density at radius 2 is 1.83 bits per heavy atom. The van der Waals surface area contributed by atoms with Crippen molar-refractivity contribution in [3.63, 3.8) is 0 Å². The van der Waals surface area contributed by atoms with Crippen LogP contribution < -0.4 is 10.9 Å². The zero-order valence-corrected chi connectivity index (χ0v) is 13.8. The molecule has 0 aliphatic rings. The van der Waals surface area contributed by atoms with Gasteiger partial charge >= 0.3 is 7.60 Å². The van der Waals surface area contributed by atoms with Gasteiger partial charge in [0, 0.05) is 30.4 Å². The van der Waals surface area contributed by atoms with E-state index in [9.17, 15) is 9.36 Å². The van der Waals surface area contributed by atoms with Crippen LogP contribution in [0.4, 0.5) is 11.4 Å². The third-order valence-corrected chi connectivity index (χ3v) is 4.41. The van der Waals surface area contributed by atoms with E-state index in [4.69, 9.17) is 9.79 Å². The first kappa shape index (κ1) is 16.4. The highest BCUT2D eigenvalue weighted by molar-refractivity contribution is 7.50. The maximum atomic E-state index is 11.7. The van der Waals surface area contributed by atoms with Crippen molar-refractivity contribution in [3.05, 3.63) is 64.6 Å². The van der Waals surface area contributed by atoms with Gasteiger partial charge in [-0.2, -0.15) is 0 Å². The van der Waals surface area contributed by atoms with Crippen LogP contribution in [0, 0.1) is 0 Å². The third kappa shape index (κ3) is 3.54. The van der Waals surface area contributed by atoms with Crippen LogP contribution in [0.2, 0.25) is 0 Å². The van der Waals surface area contributed by atoms with Crippen molar-refractivity contribution in [2.75, 3.05) is 5.32 Å². The van der Waals surface area contributed by atoms with E-state index in [1.165, 1.54) is 10.6 Å². The third-order valence-electron chi connectivity index (χ3n) is 3.63. The molecule has 7 nitrogen and oxygen atoms in total. The second-order valence-corrected chi connectivity index (χ2v) is 7.12. The molecule has 0 radical (unpaired) electrons. The van der Waals surface area contributed by atoms with E-state index in [1.54, 1.807) is 49.6 Å². The molecule has 0 unspecified atom stereocenters. The molecule has 1 aromatic carbocycles. The molecule has 3 aromatic rings. The number of aromatic nitrogens is 2. The maximum absolute atomic E-state index is 11.7. The highest BCUT2D eigenvalue weighted by atomic mass is 31.2. The first-order valence-electron chi connectivity index (χ1n) is 7.19. The topological polar surface area (TPSA) is 104 Å². The van der Waals surface area contributed by atoms with Gasteiger partial charge in [0.25, 0.3) is 5.56 Å². The quantitative estimate of drug-likeness (QED) is 0.627. The number of hydrogen-bond acceptors (Lipinski definition) is 4. The summed E-state index contributed by atoms with van der Waals surface area (Å²) in [6, 6.07) is 11.8. The minimum absolute atomic E-state index is 0.131. The first-order valence-corrected chi connectivity index (χ1v) is 8.98. The lowest BCUT2D eigenvalue weighted by Gasteiger charge is -2.11. The Morgan fingerprint density at radius 3 is 2.50 bits per heavy atom. The number of nitrogens with one attached hydrogen (secondary N) is 1. The fraction of sp³-hybridized carbons (Fsp3) is 0.125. The van der Waals surface area contributed by atoms with Crippen LogP contribution in [-0.2, 0) is 17.8 Å². The number of anilines is 2. The SMILES string of the molecule is Cn1c(=O)ccc2c(Nc3ccc(CP(=O)(O)O)cc3)ccnc21. The normalized spacial score (nSPS) is 11.6. The Labute approximate surface area is 137 Å². The number of rotatable bonds is 4. The molecule has 0 amide bonds. The molecule has 0 fully saturated rings. The lowest BCUT2D eigenvalue weighted by Crippen LogP contribution is -2.16. The van der Waals surface area contributed by atoms with Crippen molar-refractivity contribution in [2.24, 2.45) is 7.05 Å². The van der Waals surface area contributed by atoms with Gasteiger partial charge in [0.15, 0.2) is 0 Å². The fourth-order valence-electron chi connectivity index (χ4n) is 2.46. The van der Waals surface area contributed by atoms with Gasteiger partial charge in [0.05, 0.1) is 11.8 Å². The average Bonchev–Trinajstić information content (AvgIpc) is 2.52. The maximum Gasteiger partial charge on any atom is 0.329 e. The summed E-state index contributed by atoms with van der Waals surface area (Å²) in [5, 5.41) is 4.04. The van der Waals surface area contributed by atoms with Gasteiger partial charge in [0.1, 0.15) is 5.65 Å². The Kier molecular flexibility index (Phi) is 4.24. The summed E-state index contributed by atoms with van der Waals surface area (Å²) in [6.07, 6.45) is 1.33. The van der Waals surface area contributed by atoms with Gasteiger partial charge in [-0.3, -0.25) is 13.9 Å². The molecule has 0 saturated heterocycles. The Balaban J connectivity index is 1.92. The summed E-state index contributed by atoms with van der Waals surface area (Å²) in [5.41, 5.74) is 2.57. The lowest BCUT2D eigenvalue weighted by atomic mass is 10.2. The lowest BCUT2D eigenvalue weighted by molar-refractivity contribution is 0.371. The summed E-state index contributed by atoms with van der Waals surface area (Å²) >= 11 is 0. The number of aryl methyl sites for hydroxylation is 1. The molecule has 0 atom stereocenters. The highest BCUT2D eigenvalue weighted by Crippen LogP contribution is 2.39. The molecule has 2 aromatic heterocycles. The van der Waals surface area contributed by atoms with Gasteiger partial charge in [-0.15, -0.1) is 0 Å². The number of fused-ring (bicyclic) bond motifs is 1. The van der Waals surface area contributed by atoms with Crippen LogP contribution >= 0.6 is 7.60 Å². The Bertz CT molecular complexity index is 992. The smallest absolute Gasteiger partial charge is 0.329 e. The summed E-state index contributed by atoms with van der Waals surface area (Å²) in [4.78, 5) is 33.9. The molecular weight excluding hydrogens is 329 g/mol. The predicted molar refractivity (Wildman–Crippen MR) is 92.5 cm³/mol. The van der Waals surface area contributed by atoms with E-state index in [-0.39, 0.29) is 11.7 Å². The molecule has 8 heteroatoms. The number of benzene rings is 1. The van der Waals surface area contributed by atoms with Crippen molar-refractivity contribution in [2.45, 2.75) is 6.16 Å². The summed E-state index contributed by atoms with van der Waals surface area (Å²) in [5.74, 6) is 0. The van der Waals surface area contributed by atoms with Crippen molar-refractivity contribution >= 4 is 30.0 Å². The van der Waals surface area contributed by atoms with E-state index in [0.29, 0.717) is 11.2 Å². The summed E-state index contributed by atoms with van der Waals surface area (Å²) in [7, 11) is -2.41. The van der Waals surface area contributed by atoms with Gasteiger partial charge in [-0.25, -0.2) is 4.98 Å². The molecule has 124 valence electrons. The number of nitrogens with zero attached hydrogens (tertiary/aromatic N) is 2. The molecule has 0 aliphatic heterocycles. The van der Waals surface area contributed by atoms with Gasteiger partial charge < -0.3 is 15.1 Å². The molecule has 3 N–H and O–H groups in total. The van der Waals surface area contributed by atoms with E-state index < -0.39 is 7.60 Å². The molecule has 0 saturated carbocycles. The second kappa shape index (κ2) is 6.20. The number of hydrogen-bond donors (Lipinski definition) is 3. The minimum atomic E-state index is -4.07. The fourth-order valence-corrected chi connectivity index (χ4v) is 3.15. The molecule has 0 aliphatic carbocycles. The van der Waals surface area contributed by atoms with Crippen LogP contribution in [-0.4, -0.2) is 19.3 Å². The van der Waals surface area contributed by atoms with Crippen molar-refractivity contribution in [1.82, 2.24) is 9.55 Å². The van der Waals surface area contributed by atoms with E-state index >= 15 is 0 Å². The monoisotopic (exact) mass is 345 g/mol.